The first-order chi connectivity index (χ1) is 12.5. The molecule has 1 heterocycles. The standard InChI is InChI=1S/C17H14Cl2N4O2S/c1-24-14-5-3-4-10(15(14)25-2)9-20-23-16(21-22-17(23)26)12-7-6-11(18)8-13(12)19/h3-9H,1-2H3,(H,22,26). The molecule has 0 atom stereocenters. The van der Waals surface area contributed by atoms with Gasteiger partial charge >= 0.3 is 0 Å². The van der Waals surface area contributed by atoms with Gasteiger partial charge in [0.05, 0.1) is 25.5 Å². The summed E-state index contributed by atoms with van der Waals surface area (Å²) in [5.41, 5.74) is 1.38. The number of rotatable bonds is 5. The number of hydrogen-bond acceptors (Lipinski definition) is 5. The third-order valence-electron chi connectivity index (χ3n) is 3.57. The van der Waals surface area contributed by atoms with E-state index in [-0.39, 0.29) is 0 Å². The zero-order valence-electron chi connectivity index (χ0n) is 13.9. The van der Waals surface area contributed by atoms with E-state index in [0.29, 0.717) is 37.7 Å². The van der Waals surface area contributed by atoms with Crippen LogP contribution in [0.5, 0.6) is 11.5 Å². The Morgan fingerprint density at radius 1 is 1.19 bits per heavy atom. The maximum absolute atomic E-state index is 6.28. The van der Waals surface area contributed by atoms with Gasteiger partial charge in [-0.1, -0.05) is 29.3 Å². The molecule has 0 fully saturated rings. The molecular weight excluding hydrogens is 395 g/mol. The lowest BCUT2D eigenvalue weighted by Gasteiger charge is -2.09. The van der Waals surface area contributed by atoms with E-state index >= 15 is 0 Å². The summed E-state index contributed by atoms with van der Waals surface area (Å²) in [6, 6.07) is 10.6. The Hall–Kier alpha value is -2.35. The van der Waals surface area contributed by atoms with Crippen LogP contribution in [0.3, 0.4) is 0 Å². The first kappa shape index (κ1) is 18.4. The SMILES string of the molecule is COc1cccc(C=Nn2c(-c3ccc(Cl)cc3Cl)n[nH]c2=S)c1OC. The normalized spacial score (nSPS) is 11.1. The van der Waals surface area contributed by atoms with Crippen molar-refractivity contribution in [2.45, 2.75) is 0 Å². The smallest absolute Gasteiger partial charge is 0.216 e. The molecule has 9 heteroatoms. The minimum absolute atomic E-state index is 0.323. The molecule has 0 aliphatic carbocycles. The van der Waals surface area contributed by atoms with E-state index in [0.717, 1.165) is 5.56 Å². The third-order valence-corrected chi connectivity index (χ3v) is 4.38. The van der Waals surface area contributed by atoms with Crippen LogP contribution >= 0.6 is 35.4 Å². The van der Waals surface area contributed by atoms with Gasteiger partial charge < -0.3 is 9.47 Å². The van der Waals surface area contributed by atoms with Gasteiger partial charge in [-0.2, -0.15) is 14.9 Å². The van der Waals surface area contributed by atoms with Crippen molar-refractivity contribution in [3.8, 4) is 22.9 Å². The fraction of sp³-hybridized carbons (Fsp3) is 0.118. The number of H-pyrrole nitrogens is 1. The summed E-state index contributed by atoms with van der Waals surface area (Å²) in [6.07, 6.45) is 1.61. The Labute approximate surface area is 165 Å². The lowest BCUT2D eigenvalue weighted by atomic mass is 10.2. The van der Waals surface area contributed by atoms with Gasteiger partial charge in [-0.3, -0.25) is 0 Å². The molecule has 0 bridgehead atoms. The van der Waals surface area contributed by atoms with Crippen LogP contribution in [-0.4, -0.2) is 35.3 Å². The molecule has 0 saturated heterocycles. The quantitative estimate of drug-likeness (QED) is 0.485. The molecule has 0 spiro atoms. The zero-order valence-corrected chi connectivity index (χ0v) is 16.2. The monoisotopic (exact) mass is 408 g/mol. The molecule has 0 radical (unpaired) electrons. The molecule has 0 aliphatic rings. The van der Waals surface area contributed by atoms with Gasteiger partial charge in [0, 0.05) is 16.1 Å². The molecule has 3 aromatic rings. The molecule has 3 rings (SSSR count). The second-order valence-electron chi connectivity index (χ2n) is 5.12. The molecule has 2 aromatic carbocycles. The molecular formula is C17H14Cl2N4O2S. The molecule has 0 amide bonds. The molecule has 6 nitrogen and oxygen atoms in total. The van der Waals surface area contributed by atoms with E-state index in [1.807, 2.05) is 12.1 Å². The summed E-state index contributed by atoms with van der Waals surface area (Å²) >= 11 is 17.5. The second kappa shape index (κ2) is 7.90. The van der Waals surface area contributed by atoms with Crippen molar-refractivity contribution in [2.24, 2.45) is 5.10 Å². The highest BCUT2D eigenvalue weighted by Gasteiger charge is 2.13. The van der Waals surface area contributed by atoms with Gasteiger partial charge in [-0.05, 0) is 42.5 Å². The van der Waals surface area contributed by atoms with Crippen molar-refractivity contribution in [2.75, 3.05) is 14.2 Å². The number of aromatic amines is 1. The lowest BCUT2D eigenvalue weighted by molar-refractivity contribution is 0.354. The van der Waals surface area contributed by atoms with E-state index in [4.69, 9.17) is 44.9 Å². The summed E-state index contributed by atoms with van der Waals surface area (Å²) in [5.74, 6) is 1.64. The van der Waals surface area contributed by atoms with Crippen molar-refractivity contribution in [1.29, 1.82) is 0 Å². The van der Waals surface area contributed by atoms with Crippen LogP contribution in [0.2, 0.25) is 10.0 Å². The van der Waals surface area contributed by atoms with Gasteiger partial charge in [0.25, 0.3) is 0 Å². The topological polar surface area (TPSA) is 64.4 Å². The zero-order chi connectivity index (χ0) is 18.7. The van der Waals surface area contributed by atoms with Crippen molar-refractivity contribution in [3.63, 3.8) is 0 Å². The molecule has 1 N–H and O–H groups in total. The van der Waals surface area contributed by atoms with Crippen LogP contribution in [-0.2, 0) is 0 Å². The van der Waals surface area contributed by atoms with Gasteiger partial charge in [0.15, 0.2) is 17.3 Å². The van der Waals surface area contributed by atoms with Crippen LogP contribution in [0.25, 0.3) is 11.4 Å². The van der Waals surface area contributed by atoms with Crippen LogP contribution in [0.1, 0.15) is 5.56 Å². The summed E-state index contributed by atoms with van der Waals surface area (Å²) in [7, 11) is 3.14. The number of benzene rings is 2. The summed E-state index contributed by atoms with van der Waals surface area (Å²) < 4.78 is 12.5. The Bertz CT molecular complexity index is 1030. The largest absolute Gasteiger partial charge is 0.493 e. The van der Waals surface area contributed by atoms with E-state index in [2.05, 4.69) is 15.3 Å². The van der Waals surface area contributed by atoms with E-state index in [1.54, 1.807) is 44.7 Å². The number of para-hydroxylation sites is 1. The minimum Gasteiger partial charge on any atom is -0.493 e. The van der Waals surface area contributed by atoms with Gasteiger partial charge in [0.1, 0.15) is 0 Å². The molecule has 0 unspecified atom stereocenters. The minimum atomic E-state index is 0.323. The number of ether oxygens (including phenoxy) is 2. The highest BCUT2D eigenvalue weighted by Crippen LogP contribution is 2.31. The van der Waals surface area contributed by atoms with E-state index in [9.17, 15) is 0 Å². The number of halogens is 2. The van der Waals surface area contributed by atoms with Crippen LogP contribution in [0.4, 0.5) is 0 Å². The first-order valence-corrected chi connectivity index (χ1v) is 8.59. The lowest BCUT2D eigenvalue weighted by Crippen LogP contribution is -1.98. The van der Waals surface area contributed by atoms with Crippen molar-refractivity contribution >= 4 is 41.6 Å². The molecule has 26 heavy (non-hydrogen) atoms. The van der Waals surface area contributed by atoms with Crippen LogP contribution < -0.4 is 9.47 Å². The fourth-order valence-electron chi connectivity index (χ4n) is 2.38. The predicted molar refractivity (Wildman–Crippen MR) is 105 cm³/mol. The summed E-state index contributed by atoms with van der Waals surface area (Å²) in [4.78, 5) is 0. The second-order valence-corrected chi connectivity index (χ2v) is 6.35. The number of aromatic nitrogens is 3. The maximum Gasteiger partial charge on any atom is 0.216 e. The molecule has 0 saturated carbocycles. The summed E-state index contributed by atoms with van der Waals surface area (Å²) in [6.45, 7) is 0. The van der Waals surface area contributed by atoms with Crippen LogP contribution in [0.15, 0.2) is 41.5 Å². The van der Waals surface area contributed by atoms with E-state index in [1.165, 1.54) is 4.68 Å². The average molecular weight is 409 g/mol. The highest BCUT2D eigenvalue weighted by atomic mass is 35.5. The van der Waals surface area contributed by atoms with Crippen molar-refractivity contribution in [1.82, 2.24) is 14.9 Å². The highest BCUT2D eigenvalue weighted by molar-refractivity contribution is 7.71. The van der Waals surface area contributed by atoms with Gasteiger partial charge in [0.2, 0.25) is 4.77 Å². The number of nitrogens with one attached hydrogen (secondary N) is 1. The Morgan fingerprint density at radius 3 is 2.69 bits per heavy atom. The van der Waals surface area contributed by atoms with Gasteiger partial charge in [-0.25, -0.2) is 5.10 Å². The number of hydrogen-bond donors (Lipinski definition) is 1. The Morgan fingerprint density at radius 2 is 2.00 bits per heavy atom. The third kappa shape index (κ3) is 3.60. The Balaban J connectivity index is 2.06. The maximum atomic E-state index is 6.28. The van der Waals surface area contributed by atoms with Crippen molar-refractivity contribution < 1.29 is 9.47 Å². The van der Waals surface area contributed by atoms with E-state index < -0.39 is 0 Å². The predicted octanol–water partition coefficient (Wildman–Crippen LogP) is 4.81. The molecule has 0 aliphatic heterocycles. The molecule has 134 valence electrons. The van der Waals surface area contributed by atoms with Crippen LogP contribution in [0, 0.1) is 4.77 Å². The first-order valence-electron chi connectivity index (χ1n) is 7.43. The average Bonchev–Trinajstić information content (AvgIpc) is 2.99. The summed E-state index contributed by atoms with van der Waals surface area (Å²) in [5, 5.41) is 12.3. The number of methoxy groups -OCH3 is 2. The van der Waals surface area contributed by atoms with Crippen molar-refractivity contribution in [3.05, 3.63) is 56.8 Å². The van der Waals surface area contributed by atoms with Gasteiger partial charge in [-0.15, -0.1) is 0 Å². The fourth-order valence-corrected chi connectivity index (χ4v) is 3.05. The molecule has 1 aromatic heterocycles. The Kier molecular flexibility index (Phi) is 5.61. The number of nitrogens with zero attached hydrogens (tertiary/aromatic N) is 3.